The normalized spacial score (nSPS) is 29.5. The monoisotopic (exact) mass is 200 g/mol. The van der Waals surface area contributed by atoms with Crippen LogP contribution in [0.1, 0.15) is 35.6 Å². The fraction of sp³-hybridized carbons (Fsp3) is 0.600. The van der Waals surface area contributed by atoms with Crippen LogP contribution in [0, 0.1) is 6.92 Å². The van der Waals surface area contributed by atoms with Gasteiger partial charge in [-0.15, -0.1) is 22.9 Å². The highest BCUT2D eigenvalue weighted by Gasteiger charge is 2.26. The minimum Gasteiger partial charge on any atom is -0.149 e. The first-order chi connectivity index (χ1) is 5.77. The SMILES string of the molecule is Cc1cc(C2CCCC2Cl)cs1. The van der Waals surface area contributed by atoms with E-state index in [0.29, 0.717) is 11.3 Å². The van der Waals surface area contributed by atoms with Crippen LogP contribution in [0.4, 0.5) is 0 Å². The maximum Gasteiger partial charge on any atom is 0.0404 e. The van der Waals surface area contributed by atoms with Gasteiger partial charge in [-0.2, -0.15) is 0 Å². The predicted molar refractivity (Wildman–Crippen MR) is 55.3 cm³/mol. The Morgan fingerprint density at radius 3 is 2.83 bits per heavy atom. The molecule has 2 unspecified atom stereocenters. The second-order valence-electron chi connectivity index (χ2n) is 3.54. The first-order valence-corrected chi connectivity index (χ1v) is 5.78. The van der Waals surface area contributed by atoms with Crippen LogP contribution in [-0.2, 0) is 0 Å². The van der Waals surface area contributed by atoms with Gasteiger partial charge in [0, 0.05) is 16.2 Å². The van der Waals surface area contributed by atoms with E-state index in [9.17, 15) is 0 Å². The highest BCUT2D eigenvalue weighted by Crippen LogP contribution is 2.39. The number of alkyl halides is 1. The molecular weight excluding hydrogens is 188 g/mol. The maximum atomic E-state index is 6.23. The van der Waals surface area contributed by atoms with Crippen LogP contribution in [0.5, 0.6) is 0 Å². The van der Waals surface area contributed by atoms with Gasteiger partial charge in [-0.1, -0.05) is 6.42 Å². The van der Waals surface area contributed by atoms with Crippen LogP contribution in [-0.4, -0.2) is 5.38 Å². The molecule has 1 aromatic heterocycles. The zero-order valence-electron chi connectivity index (χ0n) is 7.22. The minimum absolute atomic E-state index is 0.388. The molecule has 1 aliphatic rings. The number of hydrogen-bond acceptors (Lipinski definition) is 1. The molecular formula is C10H13ClS. The first kappa shape index (κ1) is 8.58. The summed E-state index contributed by atoms with van der Waals surface area (Å²) in [4.78, 5) is 1.40. The van der Waals surface area contributed by atoms with Crippen molar-refractivity contribution in [2.24, 2.45) is 0 Å². The summed E-state index contributed by atoms with van der Waals surface area (Å²) in [5, 5.41) is 2.65. The average Bonchev–Trinajstić information content (AvgIpc) is 2.58. The molecule has 0 saturated heterocycles. The lowest BCUT2D eigenvalue weighted by Crippen LogP contribution is -2.03. The largest absolute Gasteiger partial charge is 0.149 e. The summed E-state index contributed by atoms with van der Waals surface area (Å²) in [5.74, 6) is 0.636. The van der Waals surface area contributed by atoms with Crippen molar-refractivity contribution in [3.63, 3.8) is 0 Å². The van der Waals surface area contributed by atoms with E-state index in [1.165, 1.54) is 29.7 Å². The molecule has 0 spiro atoms. The highest BCUT2D eigenvalue weighted by atomic mass is 35.5. The smallest absolute Gasteiger partial charge is 0.0404 e. The molecule has 0 N–H and O–H groups in total. The van der Waals surface area contributed by atoms with E-state index in [1.807, 2.05) is 11.3 Å². The van der Waals surface area contributed by atoms with E-state index < -0.39 is 0 Å². The van der Waals surface area contributed by atoms with Gasteiger partial charge in [0.2, 0.25) is 0 Å². The average molecular weight is 201 g/mol. The summed E-state index contributed by atoms with van der Waals surface area (Å²) >= 11 is 8.06. The van der Waals surface area contributed by atoms with Crippen molar-refractivity contribution in [2.45, 2.75) is 37.5 Å². The van der Waals surface area contributed by atoms with Gasteiger partial charge in [0.05, 0.1) is 0 Å². The van der Waals surface area contributed by atoms with Crippen LogP contribution in [0.15, 0.2) is 11.4 Å². The summed E-state index contributed by atoms with van der Waals surface area (Å²) in [5.41, 5.74) is 1.47. The summed E-state index contributed by atoms with van der Waals surface area (Å²) in [7, 11) is 0. The Balaban J connectivity index is 2.19. The number of halogens is 1. The molecule has 66 valence electrons. The third kappa shape index (κ3) is 1.53. The molecule has 0 amide bonds. The molecule has 1 aliphatic carbocycles. The number of hydrogen-bond donors (Lipinski definition) is 0. The van der Waals surface area contributed by atoms with Gasteiger partial charge >= 0.3 is 0 Å². The summed E-state index contributed by atoms with van der Waals surface area (Å²) in [6.07, 6.45) is 3.78. The van der Waals surface area contributed by atoms with Crippen LogP contribution >= 0.6 is 22.9 Å². The van der Waals surface area contributed by atoms with Gasteiger partial charge in [-0.05, 0) is 36.8 Å². The van der Waals surface area contributed by atoms with Crippen molar-refractivity contribution in [3.05, 3.63) is 21.9 Å². The highest BCUT2D eigenvalue weighted by molar-refractivity contribution is 7.10. The maximum absolute atomic E-state index is 6.23. The topological polar surface area (TPSA) is 0 Å². The molecule has 1 fully saturated rings. The van der Waals surface area contributed by atoms with E-state index >= 15 is 0 Å². The molecule has 0 nitrogen and oxygen atoms in total. The second kappa shape index (κ2) is 3.39. The molecule has 0 aliphatic heterocycles. The van der Waals surface area contributed by atoms with Gasteiger partial charge in [0.25, 0.3) is 0 Å². The minimum atomic E-state index is 0.388. The fourth-order valence-electron chi connectivity index (χ4n) is 1.95. The first-order valence-electron chi connectivity index (χ1n) is 4.46. The van der Waals surface area contributed by atoms with Crippen molar-refractivity contribution in [1.29, 1.82) is 0 Å². The molecule has 0 bridgehead atoms. The molecule has 2 heteroatoms. The Hall–Kier alpha value is -0.0100. The van der Waals surface area contributed by atoms with E-state index in [-0.39, 0.29) is 0 Å². The van der Waals surface area contributed by atoms with Crippen molar-refractivity contribution < 1.29 is 0 Å². The molecule has 12 heavy (non-hydrogen) atoms. The Labute approximate surface area is 82.6 Å². The Morgan fingerprint density at radius 2 is 2.33 bits per heavy atom. The molecule has 1 heterocycles. The van der Waals surface area contributed by atoms with Crippen molar-refractivity contribution in [2.75, 3.05) is 0 Å². The predicted octanol–water partition coefficient (Wildman–Crippen LogP) is 3.93. The van der Waals surface area contributed by atoms with E-state index in [4.69, 9.17) is 11.6 Å². The number of aryl methyl sites for hydroxylation is 1. The van der Waals surface area contributed by atoms with Gasteiger partial charge in [0.1, 0.15) is 0 Å². The standard InChI is InChI=1S/C10H13ClS/c1-7-5-8(6-12-7)9-3-2-4-10(9)11/h5-6,9-10H,2-4H2,1H3. The Kier molecular flexibility index (Phi) is 2.42. The van der Waals surface area contributed by atoms with Crippen LogP contribution in [0.25, 0.3) is 0 Å². The number of thiophene rings is 1. The van der Waals surface area contributed by atoms with E-state index in [0.717, 1.165) is 0 Å². The summed E-state index contributed by atoms with van der Waals surface area (Å²) < 4.78 is 0. The Morgan fingerprint density at radius 1 is 1.50 bits per heavy atom. The molecule has 2 atom stereocenters. The summed E-state index contributed by atoms with van der Waals surface area (Å²) in [6, 6.07) is 2.29. The quantitative estimate of drug-likeness (QED) is 0.603. The third-order valence-corrected chi connectivity index (χ3v) is 4.01. The lowest BCUT2D eigenvalue weighted by Gasteiger charge is -2.10. The van der Waals surface area contributed by atoms with E-state index in [2.05, 4.69) is 18.4 Å². The molecule has 0 radical (unpaired) electrons. The molecule has 1 aromatic rings. The van der Waals surface area contributed by atoms with Crippen LogP contribution < -0.4 is 0 Å². The van der Waals surface area contributed by atoms with Gasteiger partial charge in [0.15, 0.2) is 0 Å². The van der Waals surface area contributed by atoms with Gasteiger partial charge in [-0.25, -0.2) is 0 Å². The third-order valence-electron chi connectivity index (χ3n) is 2.61. The lowest BCUT2D eigenvalue weighted by molar-refractivity contribution is 0.733. The zero-order valence-corrected chi connectivity index (χ0v) is 8.79. The lowest BCUT2D eigenvalue weighted by atomic mass is 10.0. The van der Waals surface area contributed by atoms with Crippen molar-refractivity contribution in [3.8, 4) is 0 Å². The van der Waals surface area contributed by atoms with Crippen LogP contribution in [0.3, 0.4) is 0 Å². The second-order valence-corrected chi connectivity index (χ2v) is 5.22. The number of rotatable bonds is 1. The van der Waals surface area contributed by atoms with Crippen molar-refractivity contribution >= 4 is 22.9 Å². The molecule has 1 saturated carbocycles. The van der Waals surface area contributed by atoms with Gasteiger partial charge in [-0.3, -0.25) is 0 Å². The molecule has 0 aromatic carbocycles. The van der Waals surface area contributed by atoms with E-state index in [1.54, 1.807) is 0 Å². The fourth-order valence-corrected chi connectivity index (χ4v) is 3.14. The van der Waals surface area contributed by atoms with Gasteiger partial charge < -0.3 is 0 Å². The molecule has 2 rings (SSSR count). The zero-order chi connectivity index (χ0) is 8.55. The summed E-state index contributed by atoms with van der Waals surface area (Å²) in [6.45, 7) is 2.16. The van der Waals surface area contributed by atoms with Crippen LogP contribution in [0.2, 0.25) is 0 Å². The van der Waals surface area contributed by atoms with Crippen molar-refractivity contribution in [1.82, 2.24) is 0 Å². The Bertz CT molecular complexity index is 267.